The number of aliphatic hydroxyl groups is 1. The highest BCUT2D eigenvalue weighted by molar-refractivity contribution is 5.88. The monoisotopic (exact) mass is 276 g/mol. The summed E-state index contributed by atoms with van der Waals surface area (Å²) >= 11 is 0. The Bertz CT molecular complexity index is 608. The molecule has 0 unspecified atom stereocenters. The summed E-state index contributed by atoms with van der Waals surface area (Å²) in [6.45, 7) is 0.0965. The van der Waals surface area contributed by atoms with E-state index in [0.717, 1.165) is 11.6 Å². The number of aliphatic hydroxyl groups excluding tert-OH is 1. The molecule has 0 saturated heterocycles. The summed E-state index contributed by atoms with van der Waals surface area (Å²) in [6.07, 6.45) is 0. The maximum atomic E-state index is 13.2. The van der Waals surface area contributed by atoms with Gasteiger partial charge >= 0.3 is 5.97 Å². The van der Waals surface area contributed by atoms with Crippen molar-refractivity contribution in [2.75, 3.05) is 0 Å². The quantitative estimate of drug-likeness (QED) is 0.881. The van der Waals surface area contributed by atoms with Crippen molar-refractivity contribution < 1.29 is 24.1 Å². The Labute approximate surface area is 115 Å². The lowest BCUT2D eigenvalue weighted by Crippen LogP contribution is -2.03. The van der Waals surface area contributed by atoms with Crippen molar-refractivity contribution in [2.45, 2.75) is 13.2 Å². The molecule has 0 aliphatic rings. The molecule has 0 aromatic heterocycles. The van der Waals surface area contributed by atoms with Gasteiger partial charge in [0, 0.05) is 0 Å². The summed E-state index contributed by atoms with van der Waals surface area (Å²) in [5.74, 6) is -1.49. The van der Waals surface area contributed by atoms with Crippen molar-refractivity contribution >= 4 is 5.97 Å². The Balaban J connectivity index is 2.06. The SMILES string of the molecule is O=C(O)c1cc(COc2ccc(CO)cc2)ccc1F. The number of aromatic carboxylic acids is 1. The third kappa shape index (κ3) is 3.33. The van der Waals surface area contributed by atoms with Crippen LogP contribution >= 0.6 is 0 Å². The van der Waals surface area contributed by atoms with Crippen LogP contribution in [0.25, 0.3) is 0 Å². The number of ether oxygens (including phenoxy) is 1. The van der Waals surface area contributed by atoms with Crippen molar-refractivity contribution in [1.82, 2.24) is 0 Å². The number of rotatable bonds is 5. The first-order chi connectivity index (χ1) is 9.60. The minimum Gasteiger partial charge on any atom is -0.489 e. The van der Waals surface area contributed by atoms with Crippen LogP contribution in [0.4, 0.5) is 4.39 Å². The molecule has 0 saturated carbocycles. The average Bonchev–Trinajstić information content (AvgIpc) is 2.46. The summed E-state index contributed by atoms with van der Waals surface area (Å²) in [5, 5.41) is 17.7. The Morgan fingerprint density at radius 2 is 1.75 bits per heavy atom. The fourth-order valence-corrected chi connectivity index (χ4v) is 1.68. The summed E-state index contributed by atoms with van der Waals surface area (Å²) in [6, 6.07) is 10.7. The van der Waals surface area contributed by atoms with Gasteiger partial charge in [-0.1, -0.05) is 18.2 Å². The molecule has 0 heterocycles. The van der Waals surface area contributed by atoms with Gasteiger partial charge in [-0.05, 0) is 35.4 Å². The molecule has 0 fully saturated rings. The fourth-order valence-electron chi connectivity index (χ4n) is 1.68. The number of hydrogen-bond acceptors (Lipinski definition) is 3. The number of hydrogen-bond donors (Lipinski definition) is 2. The lowest BCUT2D eigenvalue weighted by molar-refractivity contribution is 0.0691. The third-order valence-electron chi connectivity index (χ3n) is 2.77. The van der Waals surface area contributed by atoms with Crippen LogP contribution in [-0.4, -0.2) is 16.2 Å². The second-order valence-electron chi connectivity index (χ2n) is 4.21. The van der Waals surface area contributed by atoms with Gasteiger partial charge in [-0.15, -0.1) is 0 Å². The molecule has 0 spiro atoms. The van der Waals surface area contributed by atoms with Crippen molar-refractivity contribution in [3.05, 3.63) is 65.0 Å². The number of benzene rings is 2. The van der Waals surface area contributed by atoms with Crippen molar-refractivity contribution in [3.8, 4) is 5.75 Å². The zero-order chi connectivity index (χ0) is 14.5. The van der Waals surface area contributed by atoms with Gasteiger partial charge in [0.25, 0.3) is 0 Å². The fraction of sp³-hybridized carbons (Fsp3) is 0.133. The topological polar surface area (TPSA) is 66.8 Å². The van der Waals surface area contributed by atoms with Gasteiger partial charge in [-0.2, -0.15) is 0 Å². The summed E-state index contributed by atoms with van der Waals surface area (Å²) < 4.78 is 18.7. The lowest BCUT2D eigenvalue weighted by Gasteiger charge is -2.08. The highest BCUT2D eigenvalue weighted by atomic mass is 19.1. The molecular weight excluding hydrogens is 263 g/mol. The van der Waals surface area contributed by atoms with E-state index in [0.29, 0.717) is 11.3 Å². The van der Waals surface area contributed by atoms with E-state index in [1.807, 2.05) is 0 Å². The highest BCUT2D eigenvalue weighted by Gasteiger charge is 2.10. The molecule has 5 heteroatoms. The molecule has 0 bridgehead atoms. The van der Waals surface area contributed by atoms with E-state index in [-0.39, 0.29) is 18.8 Å². The van der Waals surface area contributed by atoms with Gasteiger partial charge < -0.3 is 14.9 Å². The number of carboxylic acid groups (broad SMARTS) is 1. The minimum absolute atomic E-state index is 0.0415. The van der Waals surface area contributed by atoms with Gasteiger partial charge in [0.2, 0.25) is 0 Å². The molecule has 2 aromatic carbocycles. The molecule has 0 atom stereocenters. The van der Waals surface area contributed by atoms with E-state index in [9.17, 15) is 9.18 Å². The van der Waals surface area contributed by atoms with Crippen molar-refractivity contribution in [2.24, 2.45) is 0 Å². The minimum atomic E-state index is -1.31. The average molecular weight is 276 g/mol. The second kappa shape index (κ2) is 6.16. The molecule has 104 valence electrons. The molecule has 0 aliphatic carbocycles. The van der Waals surface area contributed by atoms with Gasteiger partial charge in [-0.3, -0.25) is 0 Å². The summed E-state index contributed by atoms with van der Waals surface area (Å²) in [5.41, 5.74) is 0.962. The van der Waals surface area contributed by atoms with Gasteiger partial charge in [-0.25, -0.2) is 9.18 Å². The molecule has 0 radical (unpaired) electrons. The first-order valence-electron chi connectivity index (χ1n) is 5.94. The molecule has 0 aliphatic heterocycles. The lowest BCUT2D eigenvalue weighted by atomic mass is 10.1. The maximum absolute atomic E-state index is 13.2. The van der Waals surface area contributed by atoms with Gasteiger partial charge in [0.1, 0.15) is 18.2 Å². The van der Waals surface area contributed by atoms with E-state index in [1.165, 1.54) is 12.1 Å². The zero-order valence-corrected chi connectivity index (χ0v) is 10.5. The molecule has 0 amide bonds. The van der Waals surface area contributed by atoms with Gasteiger partial charge in [0.15, 0.2) is 0 Å². The molecule has 2 rings (SSSR count). The molecule has 2 aromatic rings. The zero-order valence-electron chi connectivity index (χ0n) is 10.5. The number of carbonyl (C=O) groups is 1. The largest absolute Gasteiger partial charge is 0.489 e. The van der Waals surface area contributed by atoms with E-state index in [4.69, 9.17) is 14.9 Å². The molecule has 4 nitrogen and oxygen atoms in total. The van der Waals surface area contributed by atoms with Crippen LogP contribution in [0.5, 0.6) is 5.75 Å². The summed E-state index contributed by atoms with van der Waals surface area (Å²) in [7, 11) is 0. The van der Waals surface area contributed by atoms with E-state index >= 15 is 0 Å². The Hall–Kier alpha value is -2.40. The standard InChI is InChI=1S/C15H13FO4/c16-14-6-3-11(7-13(14)15(18)19)9-20-12-4-1-10(8-17)2-5-12/h1-7,17H,8-9H2,(H,18,19). The molecular formula is C15H13FO4. The normalized spacial score (nSPS) is 10.3. The predicted octanol–water partition coefficient (Wildman–Crippen LogP) is 2.60. The Morgan fingerprint density at radius 1 is 1.10 bits per heavy atom. The van der Waals surface area contributed by atoms with E-state index < -0.39 is 11.8 Å². The molecule has 2 N–H and O–H groups in total. The smallest absolute Gasteiger partial charge is 0.338 e. The van der Waals surface area contributed by atoms with Crippen molar-refractivity contribution in [1.29, 1.82) is 0 Å². The van der Waals surface area contributed by atoms with Crippen LogP contribution in [0, 0.1) is 5.82 Å². The van der Waals surface area contributed by atoms with Crippen LogP contribution in [0.1, 0.15) is 21.5 Å². The second-order valence-corrected chi connectivity index (χ2v) is 4.21. The van der Waals surface area contributed by atoms with Gasteiger partial charge in [0.05, 0.1) is 12.2 Å². The number of carboxylic acids is 1. The van der Waals surface area contributed by atoms with Crippen molar-refractivity contribution in [3.63, 3.8) is 0 Å². The predicted molar refractivity (Wildman–Crippen MR) is 70.1 cm³/mol. The highest BCUT2D eigenvalue weighted by Crippen LogP contribution is 2.16. The Kier molecular flexibility index (Phi) is 4.32. The summed E-state index contributed by atoms with van der Waals surface area (Å²) in [4.78, 5) is 10.8. The number of halogens is 1. The third-order valence-corrected chi connectivity index (χ3v) is 2.77. The maximum Gasteiger partial charge on any atom is 0.338 e. The Morgan fingerprint density at radius 3 is 2.35 bits per heavy atom. The van der Waals surface area contributed by atoms with Crippen LogP contribution in [0.3, 0.4) is 0 Å². The van der Waals surface area contributed by atoms with Crippen LogP contribution in [0.2, 0.25) is 0 Å². The van der Waals surface area contributed by atoms with E-state index in [2.05, 4.69) is 0 Å². The van der Waals surface area contributed by atoms with E-state index in [1.54, 1.807) is 24.3 Å². The molecule has 20 heavy (non-hydrogen) atoms. The first-order valence-corrected chi connectivity index (χ1v) is 5.94. The first kappa shape index (κ1) is 14.0. The van der Waals surface area contributed by atoms with Crippen LogP contribution in [0.15, 0.2) is 42.5 Å². The van der Waals surface area contributed by atoms with Crippen LogP contribution in [-0.2, 0) is 13.2 Å². The van der Waals surface area contributed by atoms with Crippen LogP contribution < -0.4 is 4.74 Å².